The van der Waals surface area contributed by atoms with Gasteiger partial charge in [0.15, 0.2) is 17.7 Å². The fourth-order valence-corrected chi connectivity index (χ4v) is 3.63. The number of rotatable bonds is 5. The molecule has 2 N–H and O–H groups in total. The lowest BCUT2D eigenvalue weighted by Crippen LogP contribution is -2.46. The van der Waals surface area contributed by atoms with E-state index in [1.807, 2.05) is 0 Å². The van der Waals surface area contributed by atoms with Gasteiger partial charge in [-0.15, -0.1) is 0 Å². The van der Waals surface area contributed by atoms with Crippen LogP contribution in [0, 0.1) is 11.6 Å². The van der Waals surface area contributed by atoms with Gasteiger partial charge in [-0.05, 0) is 12.1 Å². The molecule has 0 bridgehead atoms. The van der Waals surface area contributed by atoms with Crippen molar-refractivity contribution in [3.05, 3.63) is 54.1 Å². The Morgan fingerprint density at radius 3 is 2.88 bits per heavy atom. The van der Waals surface area contributed by atoms with Crippen molar-refractivity contribution < 1.29 is 18.6 Å². The van der Waals surface area contributed by atoms with Gasteiger partial charge in [0.1, 0.15) is 5.82 Å². The highest BCUT2D eigenvalue weighted by Gasteiger charge is 2.26. The van der Waals surface area contributed by atoms with Gasteiger partial charge < -0.3 is 20.1 Å². The number of nitrogens with zero attached hydrogens (tertiary/aromatic N) is 7. The Labute approximate surface area is 181 Å². The third-order valence-electron chi connectivity index (χ3n) is 5.22. The van der Waals surface area contributed by atoms with Crippen LogP contribution in [0.5, 0.6) is 0 Å². The van der Waals surface area contributed by atoms with Crippen LogP contribution in [0.15, 0.2) is 36.9 Å². The van der Waals surface area contributed by atoms with E-state index in [0.717, 1.165) is 0 Å². The summed E-state index contributed by atoms with van der Waals surface area (Å²) in [4.78, 5) is 10.2. The van der Waals surface area contributed by atoms with E-state index in [1.54, 1.807) is 30.3 Å². The first-order valence-electron chi connectivity index (χ1n) is 9.93. The number of anilines is 3. The molecule has 0 saturated carbocycles. The maximum absolute atomic E-state index is 15.3. The second-order valence-corrected chi connectivity index (χ2v) is 7.41. The van der Waals surface area contributed by atoms with Crippen LogP contribution in [-0.4, -0.2) is 60.6 Å². The number of aromatic nitrogens is 6. The molecule has 1 fully saturated rings. The quantitative estimate of drug-likeness (QED) is 0.482. The Bertz CT molecular complexity index is 1270. The van der Waals surface area contributed by atoms with Gasteiger partial charge >= 0.3 is 0 Å². The largest absolute Gasteiger partial charge is 0.375 e. The fourth-order valence-electron chi connectivity index (χ4n) is 3.63. The summed E-state index contributed by atoms with van der Waals surface area (Å²) < 4.78 is 38.2. The summed E-state index contributed by atoms with van der Waals surface area (Å²) >= 11 is 0. The normalized spacial score (nSPS) is 16.6. The molecule has 1 aromatic carbocycles. The molecule has 0 amide bonds. The number of hydrogen-bond donors (Lipinski definition) is 2. The van der Waals surface area contributed by atoms with E-state index in [2.05, 4.69) is 25.5 Å². The zero-order chi connectivity index (χ0) is 22.2. The van der Waals surface area contributed by atoms with Crippen LogP contribution in [0.25, 0.3) is 11.0 Å². The van der Waals surface area contributed by atoms with Crippen molar-refractivity contribution in [1.82, 2.24) is 29.5 Å². The van der Waals surface area contributed by atoms with Crippen molar-refractivity contribution in [2.45, 2.75) is 12.8 Å². The smallest absolute Gasteiger partial charge is 0.229 e. The number of nitrogens with one attached hydrogen (secondary N) is 1. The number of aliphatic hydroxyl groups excluding tert-OH is 1. The Morgan fingerprint density at radius 2 is 2.09 bits per heavy atom. The molecule has 10 nitrogen and oxygen atoms in total. The van der Waals surface area contributed by atoms with Gasteiger partial charge in [-0.25, -0.2) is 18.4 Å². The predicted octanol–water partition coefficient (Wildman–Crippen LogP) is 1.78. The van der Waals surface area contributed by atoms with E-state index in [1.165, 1.54) is 27.9 Å². The zero-order valence-electron chi connectivity index (χ0n) is 17.1. The van der Waals surface area contributed by atoms with E-state index in [4.69, 9.17) is 4.74 Å². The molecule has 1 unspecified atom stereocenters. The van der Waals surface area contributed by atoms with Crippen molar-refractivity contribution >= 4 is 28.4 Å². The molecular formula is C20H20F2N8O2. The van der Waals surface area contributed by atoms with Crippen LogP contribution >= 0.6 is 0 Å². The van der Waals surface area contributed by atoms with Crippen LogP contribution in [0.2, 0.25) is 0 Å². The molecule has 1 atom stereocenters. The summed E-state index contributed by atoms with van der Waals surface area (Å²) in [6.45, 7) is 0.513. The fraction of sp³-hybridized carbons (Fsp3) is 0.300. The van der Waals surface area contributed by atoms with Gasteiger partial charge in [0, 0.05) is 31.5 Å². The molecule has 3 aromatic heterocycles. The number of halogens is 2. The third-order valence-corrected chi connectivity index (χ3v) is 5.22. The van der Waals surface area contributed by atoms with Gasteiger partial charge in [-0.2, -0.15) is 15.2 Å². The summed E-state index contributed by atoms with van der Waals surface area (Å²) in [5, 5.41) is 22.1. The summed E-state index contributed by atoms with van der Waals surface area (Å²) in [6.07, 6.45) is 5.50. The predicted molar refractivity (Wildman–Crippen MR) is 111 cm³/mol. The van der Waals surface area contributed by atoms with Crippen molar-refractivity contribution in [3.8, 4) is 0 Å². The van der Waals surface area contributed by atoms with Gasteiger partial charge in [0.25, 0.3) is 0 Å². The number of benzene rings is 1. The van der Waals surface area contributed by atoms with Gasteiger partial charge in [0.05, 0.1) is 48.9 Å². The molecule has 5 rings (SSSR count). The van der Waals surface area contributed by atoms with Crippen molar-refractivity contribution in [2.75, 3.05) is 30.0 Å². The van der Waals surface area contributed by atoms with E-state index in [-0.39, 0.29) is 24.4 Å². The minimum Gasteiger partial charge on any atom is -0.375 e. The van der Waals surface area contributed by atoms with Crippen molar-refractivity contribution in [2.24, 2.45) is 7.05 Å². The minimum absolute atomic E-state index is 0.0551. The van der Waals surface area contributed by atoms with Gasteiger partial charge in [-0.3, -0.25) is 4.68 Å². The first-order chi connectivity index (χ1) is 15.5. The molecule has 4 heterocycles. The topological polar surface area (TPSA) is 106 Å². The lowest BCUT2D eigenvalue weighted by Gasteiger charge is -2.34. The maximum atomic E-state index is 15.3. The maximum Gasteiger partial charge on any atom is 0.229 e. The van der Waals surface area contributed by atoms with Crippen LogP contribution in [-0.2, 0) is 18.3 Å². The highest BCUT2D eigenvalue weighted by molar-refractivity contribution is 5.75. The Balaban J connectivity index is 1.47. The summed E-state index contributed by atoms with van der Waals surface area (Å²) in [5.74, 6) is -1.16. The third kappa shape index (κ3) is 3.74. The second kappa shape index (κ2) is 8.13. The lowest BCUT2D eigenvalue weighted by atomic mass is 10.1. The zero-order valence-corrected chi connectivity index (χ0v) is 17.1. The standard InChI is InChI=1S/C20H20F2N8O2/c1-28-9-13(8-24-28)26-20-23-6-12-7-25-30(19(12)27-20)10-14-15(21)2-3-16(18(14)22)29-4-5-32-11-17(29)31/h2-3,6-9,17,31H,4-5,10-11H2,1H3,(H,23,26,27). The number of morpholine rings is 1. The number of hydrogen-bond acceptors (Lipinski definition) is 8. The van der Waals surface area contributed by atoms with Crippen LogP contribution in [0.1, 0.15) is 5.56 Å². The Hall–Kier alpha value is -3.64. The van der Waals surface area contributed by atoms with E-state index in [0.29, 0.717) is 35.8 Å². The van der Waals surface area contributed by atoms with E-state index in [9.17, 15) is 9.50 Å². The molecule has 1 saturated heterocycles. The van der Waals surface area contributed by atoms with E-state index < -0.39 is 17.9 Å². The molecule has 12 heteroatoms. The molecule has 1 aliphatic heterocycles. The summed E-state index contributed by atoms with van der Waals surface area (Å²) in [6, 6.07) is 2.51. The molecule has 1 aliphatic rings. The second-order valence-electron chi connectivity index (χ2n) is 7.41. The molecular weight excluding hydrogens is 422 g/mol. The van der Waals surface area contributed by atoms with Crippen LogP contribution < -0.4 is 10.2 Å². The minimum atomic E-state index is -1.00. The molecule has 32 heavy (non-hydrogen) atoms. The average molecular weight is 442 g/mol. The van der Waals surface area contributed by atoms with Gasteiger partial charge in [-0.1, -0.05) is 0 Å². The van der Waals surface area contributed by atoms with Crippen molar-refractivity contribution in [3.63, 3.8) is 0 Å². The molecule has 0 aliphatic carbocycles. The lowest BCUT2D eigenvalue weighted by molar-refractivity contribution is 0.00590. The number of fused-ring (bicyclic) bond motifs is 1. The number of aryl methyl sites for hydroxylation is 1. The highest BCUT2D eigenvalue weighted by Crippen LogP contribution is 2.28. The molecule has 0 spiro atoms. The number of aliphatic hydroxyl groups is 1. The number of ether oxygens (including phenoxy) is 1. The van der Waals surface area contributed by atoms with Crippen LogP contribution in [0.4, 0.5) is 26.1 Å². The Kier molecular flexibility index (Phi) is 5.15. The highest BCUT2D eigenvalue weighted by atomic mass is 19.1. The molecule has 4 aromatic rings. The van der Waals surface area contributed by atoms with Crippen molar-refractivity contribution in [1.29, 1.82) is 0 Å². The molecule has 0 radical (unpaired) electrons. The molecule has 166 valence electrons. The van der Waals surface area contributed by atoms with Crippen LogP contribution in [0.3, 0.4) is 0 Å². The monoisotopic (exact) mass is 442 g/mol. The first-order valence-corrected chi connectivity index (χ1v) is 9.93. The average Bonchev–Trinajstić information content (AvgIpc) is 3.37. The SMILES string of the molecule is Cn1cc(Nc2ncc3cnn(Cc4c(F)ccc(N5CCOCC5O)c4F)c3n2)cn1. The first kappa shape index (κ1) is 20.3. The van der Waals surface area contributed by atoms with E-state index >= 15 is 4.39 Å². The Morgan fingerprint density at radius 1 is 1.22 bits per heavy atom. The summed E-state index contributed by atoms with van der Waals surface area (Å²) in [7, 11) is 1.79. The summed E-state index contributed by atoms with van der Waals surface area (Å²) in [5.41, 5.74) is 1.06. The van der Waals surface area contributed by atoms with Gasteiger partial charge in [0.2, 0.25) is 5.95 Å².